The quantitative estimate of drug-likeness (QED) is 0.721. The molecule has 3 nitrogen and oxygen atoms in total. The number of hydrogen-bond donors (Lipinski definition) is 1. The molecular formula is C13H26N2O. The van der Waals surface area contributed by atoms with Crippen LogP contribution in [-0.4, -0.2) is 49.3 Å². The zero-order valence-corrected chi connectivity index (χ0v) is 10.8. The van der Waals surface area contributed by atoms with Gasteiger partial charge in [0, 0.05) is 19.6 Å². The van der Waals surface area contributed by atoms with Crippen LogP contribution >= 0.6 is 0 Å². The number of ether oxygens (including phenoxy) is 1. The van der Waals surface area contributed by atoms with Gasteiger partial charge in [-0.05, 0) is 52.6 Å². The molecule has 2 rings (SSSR count). The summed E-state index contributed by atoms with van der Waals surface area (Å²) in [6.07, 6.45) is 5.63. The molecule has 0 bridgehead atoms. The third kappa shape index (κ3) is 3.72. The summed E-state index contributed by atoms with van der Waals surface area (Å²) >= 11 is 0. The van der Waals surface area contributed by atoms with Crippen molar-refractivity contribution >= 4 is 0 Å². The second-order valence-corrected chi connectivity index (χ2v) is 5.79. The van der Waals surface area contributed by atoms with Crippen molar-refractivity contribution < 1.29 is 4.74 Å². The zero-order valence-electron chi connectivity index (χ0n) is 10.8. The Labute approximate surface area is 99.5 Å². The molecule has 2 saturated heterocycles. The van der Waals surface area contributed by atoms with Crippen molar-refractivity contribution in [2.24, 2.45) is 0 Å². The van der Waals surface area contributed by atoms with Crippen LogP contribution in [0, 0.1) is 0 Å². The summed E-state index contributed by atoms with van der Waals surface area (Å²) in [5.74, 6) is 0. The Bertz CT molecular complexity index is 212. The first-order valence-electron chi connectivity index (χ1n) is 6.77. The van der Waals surface area contributed by atoms with Crippen LogP contribution in [-0.2, 0) is 4.74 Å². The summed E-state index contributed by atoms with van der Waals surface area (Å²) in [6.45, 7) is 10.3. The lowest BCUT2D eigenvalue weighted by Crippen LogP contribution is -2.35. The molecular weight excluding hydrogens is 200 g/mol. The van der Waals surface area contributed by atoms with Crippen molar-refractivity contribution in [1.82, 2.24) is 10.2 Å². The molecule has 0 saturated carbocycles. The maximum atomic E-state index is 5.94. The van der Waals surface area contributed by atoms with Crippen LogP contribution < -0.4 is 5.32 Å². The Hall–Kier alpha value is -0.120. The van der Waals surface area contributed by atoms with Gasteiger partial charge in [-0.2, -0.15) is 0 Å². The lowest BCUT2D eigenvalue weighted by Gasteiger charge is -2.20. The highest BCUT2D eigenvalue weighted by atomic mass is 16.5. The lowest BCUT2D eigenvalue weighted by atomic mass is 10.1. The Morgan fingerprint density at radius 3 is 2.69 bits per heavy atom. The Balaban J connectivity index is 1.51. The standard InChI is InChI=1S/C13H26N2O/c1-13(2)6-5-12(16-13)11-14-7-10-15-8-3-4-9-15/h12,14H,3-11H2,1-2H3. The molecule has 2 aliphatic heterocycles. The van der Waals surface area contributed by atoms with E-state index < -0.39 is 0 Å². The maximum Gasteiger partial charge on any atom is 0.0707 e. The average Bonchev–Trinajstić information content (AvgIpc) is 2.82. The van der Waals surface area contributed by atoms with Crippen LogP contribution in [0.3, 0.4) is 0 Å². The number of nitrogens with one attached hydrogen (secondary N) is 1. The fourth-order valence-electron chi connectivity index (χ4n) is 2.73. The van der Waals surface area contributed by atoms with Crippen LogP contribution in [0.1, 0.15) is 39.5 Å². The van der Waals surface area contributed by atoms with Gasteiger partial charge in [-0.3, -0.25) is 0 Å². The molecule has 1 unspecified atom stereocenters. The molecule has 1 N–H and O–H groups in total. The summed E-state index contributed by atoms with van der Waals surface area (Å²) in [5, 5.41) is 3.53. The molecule has 0 spiro atoms. The van der Waals surface area contributed by atoms with Crippen molar-refractivity contribution in [3.05, 3.63) is 0 Å². The van der Waals surface area contributed by atoms with Gasteiger partial charge in [-0.15, -0.1) is 0 Å². The number of hydrogen-bond acceptors (Lipinski definition) is 3. The first-order chi connectivity index (χ1) is 7.66. The highest BCUT2D eigenvalue weighted by molar-refractivity contribution is 4.82. The van der Waals surface area contributed by atoms with E-state index in [9.17, 15) is 0 Å². The highest BCUT2D eigenvalue weighted by Crippen LogP contribution is 2.28. The van der Waals surface area contributed by atoms with Gasteiger partial charge < -0.3 is 15.0 Å². The average molecular weight is 226 g/mol. The smallest absolute Gasteiger partial charge is 0.0707 e. The molecule has 3 heteroatoms. The summed E-state index contributed by atoms with van der Waals surface area (Å²) in [4.78, 5) is 2.55. The van der Waals surface area contributed by atoms with E-state index in [1.807, 2.05) is 0 Å². The van der Waals surface area contributed by atoms with Crippen LogP contribution in [0.4, 0.5) is 0 Å². The second kappa shape index (κ2) is 5.48. The third-order valence-electron chi connectivity index (χ3n) is 3.73. The number of nitrogens with zero attached hydrogens (tertiary/aromatic N) is 1. The first-order valence-corrected chi connectivity index (χ1v) is 6.77. The minimum absolute atomic E-state index is 0.112. The monoisotopic (exact) mass is 226 g/mol. The van der Waals surface area contributed by atoms with E-state index >= 15 is 0 Å². The lowest BCUT2D eigenvalue weighted by molar-refractivity contribution is -0.0142. The van der Waals surface area contributed by atoms with Gasteiger partial charge in [0.1, 0.15) is 0 Å². The molecule has 0 aliphatic carbocycles. The van der Waals surface area contributed by atoms with Crippen molar-refractivity contribution in [2.45, 2.75) is 51.2 Å². The van der Waals surface area contributed by atoms with Crippen molar-refractivity contribution in [1.29, 1.82) is 0 Å². The molecule has 2 aliphatic rings. The van der Waals surface area contributed by atoms with Crippen LogP contribution in [0.2, 0.25) is 0 Å². The Morgan fingerprint density at radius 2 is 2.06 bits per heavy atom. The van der Waals surface area contributed by atoms with Gasteiger partial charge >= 0.3 is 0 Å². The first kappa shape index (κ1) is 12.3. The Morgan fingerprint density at radius 1 is 1.31 bits per heavy atom. The zero-order chi connectivity index (χ0) is 11.4. The molecule has 0 amide bonds. The van der Waals surface area contributed by atoms with Gasteiger partial charge in [0.2, 0.25) is 0 Å². The van der Waals surface area contributed by atoms with Crippen molar-refractivity contribution in [3.8, 4) is 0 Å². The molecule has 0 radical (unpaired) electrons. The third-order valence-corrected chi connectivity index (χ3v) is 3.73. The van der Waals surface area contributed by atoms with Crippen molar-refractivity contribution in [2.75, 3.05) is 32.7 Å². The highest BCUT2D eigenvalue weighted by Gasteiger charge is 2.31. The van der Waals surface area contributed by atoms with Gasteiger partial charge in [-0.25, -0.2) is 0 Å². The molecule has 94 valence electrons. The minimum atomic E-state index is 0.112. The SMILES string of the molecule is CC1(C)CCC(CNCCN2CCCC2)O1. The number of likely N-dealkylation sites (tertiary alicyclic amines) is 1. The molecule has 2 heterocycles. The van der Waals surface area contributed by atoms with Crippen LogP contribution in [0.25, 0.3) is 0 Å². The summed E-state index contributed by atoms with van der Waals surface area (Å²) in [6, 6.07) is 0. The number of rotatable bonds is 5. The van der Waals surface area contributed by atoms with E-state index in [2.05, 4.69) is 24.1 Å². The predicted octanol–water partition coefficient (Wildman–Crippen LogP) is 1.63. The maximum absolute atomic E-state index is 5.94. The van der Waals surface area contributed by atoms with Gasteiger partial charge in [0.25, 0.3) is 0 Å². The van der Waals surface area contributed by atoms with E-state index in [-0.39, 0.29) is 5.60 Å². The van der Waals surface area contributed by atoms with E-state index in [0.717, 1.165) is 13.1 Å². The van der Waals surface area contributed by atoms with E-state index in [1.54, 1.807) is 0 Å². The molecule has 16 heavy (non-hydrogen) atoms. The largest absolute Gasteiger partial charge is 0.371 e. The van der Waals surface area contributed by atoms with Crippen LogP contribution in [0.5, 0.6) is 0 Å². The predicted molar refractivity (Wildman–Crippen MR) is 66.7 cm³/mol. The Kier molecular flexibility index (Phi) is 4.22. The molecule has 2 fully saturated rings. The van der Waals surface area contributed by atoms with Crippen LogP contribution in [0.15, 0.2) is 0 Å². The van der Waals surface area contributed by atoms with Gasteiger partial charge in [0.05, 0.1) is 11.7 Å². The molecule has 0 aromatic heterocycles. The minimum Gasteiger partial charge on any atom is -0.371 e. The molecule has 0 aromatic carbocycles. The molecule has 0 aromatic rings. The second-order valence-electron chi connectivity index (χ2n) is 5.79. The van der Waals surface area contributed by atoms with E-state index in [4.69, 9.17) is 4.74 Å². The van der Waals surface area contributed by atoms with E-state index in [1.165, 1.54) is 45.3 Å². The fourth-order valence-corrected chi connectivity index (χ4v) is 2.73. The topological polar surface area (TPSA) is 24.5 Å². The normalized spacial score (nSPS) is 30.0. The molecule has 1 atom stereocenters. The van der Waals surface area contributed by atoms with Gasteiger partial charge in [-0.1, -0.05) is 0 Å². The van der Waals surface area contributed by atoms with Gasteiger partial charge in [0.15, 0.2) is 0 Å². The summed E-state index contributed by atoms with van der Waals surface area (Å²) in [5.41, 5.74) is 0.112. The summed E-state index contributed by atoms with van der Waals surface area (Å²) in [7, 11) is 0. The summed E-state index contributed by atoms with van der Waals surface area (Å²) < 4.78 is 5.94. The van der Waals surface area contributed by atoms with Crippen molar-refractivity contribution in [3.63, 3.8) is 0 Å². The fraction of sp³-hybridized carbons (Fsp3) is 1.00. The van der Waals surface area contributed by atoms with E-state index in [0.29, 0.717) is 6.10 Å².